The van der Waals surface area contributed by atoms with Crippen LogP contribution in [-0.2, 0) is 22.0 Å². The van der Waals surface area contributed by atoms with Gasteiger partial charge in [0.25, 0.3) is 0 Å². The lowest BCUT2D eigenvalue weighted by atomic mass is 9.93. The summed E-state index contributed by atoms with van der Waals surface area (Å²) < 4.78 is 23.6. The van der Waals surface area contributed by atoms with E-state index < -0.39 is 10.8 Å². The Kier molecular flexibility index (Phi) is 5.63. The molecule has 33 heavy (non-hydrogen) atoms. The fourth-order valence-electron chi connectivity index (χ4n) is 4.95. The van der Waals surface area contributed by atoms with Crippen molar-refractivity contribution in [2.45, 2.75) is 49.0 Å². The first kappa shape index (κ1) is 20.9. The minimum absolute atomic E-state index is 0.303. The van der Waals surface area contributed by atoms with Crippen LogP contribution in [0.4, 0.5) is 11.8 Å². The fourth-order valence-corrected chi connectivity index (χ4v) is 6.26. The largest absolute Gasteiger partial charge is 0.463 e. The lowest BCUT2D eigenvalue weighted by molar-refractivity contribution is 0.0903. The van der Waals surface area contributed by atoms with E-state index in [0.717, 1.165) is 97.9 Å². The van der Waals surface area contributed by atoms with E-state index in [1.807, 2.05) is 12.1 Å². The summed E-state index contributed by atoms with van der Waals surface area (Å²) in [6.45, 7) is 3.25. The van der Waals surface area contributed by atoms with Crippen LogP contribution in [0, 0.1) is 0 Å². The average Bonchev–Trinajstić information content (AvgIpc) is 3.61. The van der Waals surface area contributed by atoms with Crippen molar-refractivity contribution in [2.24, 2.45) is 0 Å². The van der Waals surface area contributed by atoms with Gasteiger partial charge in [0.1, 0.15) is 16.4 Å². The summed E-state index contributed by atoms with van der Waals surface area (Å²) in [6, 6.07) is 6.19. The van der Waals surface area contributed by atoms with Gasteiger partial charge in [0.2, 0.25) is 5.95 Å². The molecule has 0 saturated carbocycles. The molecule has 10 heteroatoms. The van der Waals surface area contributed by atoms with Crippen molar-refractivity contribution in [1.82, 2.24) is 20.2 Å². The summed E-state index contributed by atoms with van der Waals surface area (Å²) >= 11 is 0. The molecule has 1 unspecified atom stereocenters. The molecule has 2 N–H and O–H groups in total. The zero-order valence-corrected chi connectivity index (χ0v) is 19.3. The Labute approximate surface area is 194 Å². The molecule has 0 bridgehead atoms. The van der Waals surface area contributed by atoms with Gasteiger partial charge >= 0.3 is 0 Å². The standard InChI is InChI=1S/C23H28N6O3S/c30-33-13-7-17-21(33)22(24-16-5-11-31-12-6-16)26-23(25-17)29-8-3-15(4-9-29)18-14-19(28-27-18)20-2-1-10-32-20/h1-2,10,14-16H,3-9,11-13H2,(H,27,28)(H,24,25,26). The van der Waals surface area contributed by atoms with Gasteiger partial charge in [0, 0.05) is 56.1 Å². The second-order valence-corrected chi connectivity index (χ2v) is 10.4. The molecule has 0 aliphatic carbocycles. The number of rotatable bonds is 5. The van der Waals surface area contributed by atoms with E-state index in [0.29, 0.717) is 17.7 Å². The lowest BCUT2D eigenvalue weighted by Gasteiger charge is -2.32. The van der Waals surface area contributed by atoms with Gasteiger partial charge in [-0.15, -0.1) is 0 Å². The van der Waals surface area contributed by atoms with E-state index in [1.54, 1.807) is 6.26 Å². The highest BCUT2D eigenvalue weighted by molar-refractivity contribution is 7.85. The minimum Gasteiger partial charge on any atom is -0.463 e. The maximum atomic E-state index is 12.6. The molecule has 2 fully saturated rings. The van der Waals surface area contributed by atoms with Crippen LogP contribution >= 0.6 is 0 Å². The van der Waals surface area contributed by atoms with Crippen LogP contribution in [0.1, 0.15) is 43.0 Å². The number of hydrogen-bond acceptors (Lipinski definition) is 8. The summed E-state index contributed by atoms with van der Waals surface area (Å²) in [6.07, 6.45) is 6.29. The zero-order valence-electron chi connectivity index (χ0n) is 18.5. The van der Waals surface area contributed by atoms with Gasteiger partial charge < -0.3 is 19.4 Å². The van der Waals surface area contributed by atoms with Gasteiger partial charge in [0.05, 0.1) is 22.8 Å². The second-order valence-electron chi connectivity index (χ2n) is 8.93. The molecule has 6 heterocycles. The second kappa shape index (κ2) is 8.90. The Morgan fingerprint density at radius 3 is 2.79 bits per heavy atom. The van der Waals surface area contributed by atoms with Crippen molar-refractivity contribution in [3.8, 4) is 11.5 Å². The first-order chi connectivity index (χ1) is 16.2. The number of nitrogens with zero attached hydrogens (tertiary/aromatic N) is 4. The maximum absolute atomic E-state index is 12.6. The van der Waals surface area contributed by atoms with Gasteiger partial charge in [-0.1, -0.05) is 0 Å². The molecule has 174 valence electrons. The van der Waals surface area contributed by atoms with Gasteiger partial charge in [0.15, 0.2) is 5.76 Å². The molecule has 3 aliphatic heterocycles. The molecular formula is C23H28N6O3S. The van der Waals surface area contributed by atoms with Crippen LogP contribution in [-0.4, -0.2) is 62.5 Å². The Bertz CT molecular complexity index is 1130. The first-order valence-corrected chi connectivity index (χ1v) is 13.0. The number of piperidine rings is 1. The van der Waals surface area contributed by atoms with Crippen molar-refractivity contribution < 1.29 is 13.4 Å². The molecule has 1 atom stereocenters. The van der Waals surface area contributed by atoms with Crippen LogP contribution in [0.25, 0.3) is 11.5 Å². The van der Waals surface area contributed by atoms with Gasteiger partial charge in [-0.3, -0.25) is 9.31 Å². The summed E-state index contributed by atoms with van der Waals surface area (Å²) in [5.41, 5.74) is 2.93. The quantitative estimate of drug-likeness (QED) is 0.588. The van der Waals surface area contributed by atoms with Crippen molar-refractivity contribution in [3.63, 3.8) is 0 Å². The van der Waals surface area contributed by atoms with E-state index in [1.165, 1.54) is 0 Å². The number of furan rings is 1. The van der Waals surface area contributed by atoms with Gasteiger partial charge in [-0.2, -0.15) is 10.1 Å². The third-order valence-electron chi connectivity index (χ3n) is 6.83. The monoisotopic (exact) mass is 468 g/mol. The first-order valence-electron chi connectivity index (χ1n) is 11.7. The van der Waals surface area contributed by atoms with Crippen LogP contribution in [0.15, 0.2) is 33.8 Å². The lowest BCUT2D eigenvalue weighted by Crippen LogP contribution is -2.35. The topological polar surface area (TPSA) is 109 Å². The average molecular weight is 469 g/mol. The molecule has 2 saturated heterocycles. The molecule has 0 radical (unpaired) electrons. The summed E-state index contributed by atoms with van der Waals surface area (Å²) in [4.78, 5) is 12.8. The molecule has 3 aliphatic rings. The molecule has 3 aromatic heterocycles. The Morgan fingerprint density at radius 1 is 1.15 bits per heavy atom. The third-order valence-corrected chi connectivity index (χ3v) is 8.29. The van der Waals surface area contributed by atoms with Crippen molar-refractivity contribution >= 4 is 22.6 Å². The van der Waals surface area contributed by atoms with E-state index in [2.05, 4.69) is 26.5 Å². The van der Waals surface area contributed by atoms with Gasteiger partial charge in [-0.25, -0.2) is 4.98 Å². The molecular weight excluding hydrogens is 440 g/mol. The number of aromatic amines is 1. The van der Waals surface area contributed by atoms with Crippen LogP contribution < -0.4 is 10.2 Å². The Hall–Kier alpha value is -2.72. The number of fused-ring (bicyclic) bond motifs is 1. The van der Waals surface area contributed by atoms with Crippen molar-refractivity contribution in [3.05, 3.63) is 35.9 Å². The number of aryl methyl sites for hydroxylation is 1. The molecule has 0 aromatic carbocycles. The van der Waals surface area contributed by atoms with Crippen LogP contribution in [0.5, 0.6) is 0 Å². The fraction of sp³-hybridized carbons (Fsp3) is 0.522. The van der Waals surface area contributed by atoms with E-state index in [4.69, 9.17) is 19.1 Å². The number of nitrogens with one attached hydrogen (secondary N) is 2. The molecule has 6 rings (SSSR count). The number of aromatic nitrogens is 4. The summed E-state index contributed by atoms with van der Waals surface area (Å²) in [7, 11) is -1.02. The molecule has 0 spiro atoms. The SMILES string of the molecule is O=S1CCc2nc(N3CCC(c4cc(-c5ccco5)n[nH]4)CC3)nc(NC3CCOCC3)c21. The minimum atomic E-state index is -1.02. The molecule has 9 nitrogen and oxygen atoms in total. The third kappa shape index (κ3) is 4.17. The number of H-pyrrole nitrogens is 1. The highest BCUT2D eigenvalue weighted by Gasteiger charge is 2.30. The Balaban J connectivity index is 1.18. The van der Waals surface area contributed by atoms with Crippen molar-refractivity contribution in [1.29, 1.82) is 0 Å². The highest BCUT2D eigenvalue weighted by Crippen LogP contribution is 2.34. The summed E-state index contributed by atoms with van der Waals surface area (Å²) in [5, 5.41) is 11.2. The molecule has 0 amide bonds. The van der Waals surface area contributed by atoms with E-state index in [-0.39, 0.29) is 0 Å². The van der Waals surface area contributed by atoms with E-state index in [9.17, 15) is 4.21 Å². The maximum Gasteiger partial charge on any atom is 0.227 e. The highest BCUT2D eigenvalue weighted by atomic mass is 32.2. The number of ether oxygens (including phenoxy) is 1. The van der Waals surface area contributed by atoms with Crippen LogP contribution in [0.2, 0.25) is 0 Å². The predicted molar refractivity (Wildman–Crippen MR) is 125 cm³/mol. The van der Waals surface area contributed by atoms with Crippen molar-refractivity contribution in [2.75, 3.05) is 42.3 Å². The number of hydrogen-bond donors (Lipinski definition) is 2. The smallest absolute Gasteiger partial charge is 0.227 e. The predicted octanol–water partition coefficient (Wildman–Crippen LogP) is 3.10. The molecule has 3 aromatic rings. The van der Waals surface area contributed by atoms with Gasteiger partial charge in [-0.05, 0) is 43.9 Å². The Morgan fingerprint density at radius 2 is 2.00 bits per heavy atom. The van der Waals surface area contributed by atoms with Crippen LogP contribution in [0.3, 0.4) is 0 Å². The van der Waals surface area contributed by atoms with E-state index >= 15 is 0 Å². The normalized spacial score (nSPS) is 21.9. The zero-order chi connectivity index (χ0) is 22.2. The summed E-state index contributed by atoms with van der Waals surface area (Å²) in [5.74, 6) is 3.34. The number of anilines is 2.